The zero-order valence-electron chi connectivity index (χ0n) is 11.1. The number of nitrogen functional groups attached to an aromatic ring is 1. The number of para-hydroxylation sites is 1. The van der Waals surface area contributed by atoms with E-state index in [2.05, 4.69) is 5.32 Å². The Labute approximate surface area is 113 Å². The van der Waals surface area contributed by atoms with Crippen molar-refractivity contribution < 1.29 is 13.5 Å². The van der Waals surface area contributed by atoms with Crippen molar-refractivity contribution in [1.29, 1.82) is 0 Å². The second-order valence-corrected chi connectivity index (χ2v) is 6.46. The van der Waals surface area contributed by atoms with Gasteiger partial charge in [0.2, 0.25) is 10.0 Å². The van der Waals surface area contributed by atoms with Gasteiger partial charge >= 0.3 is 0 Å². The molecule has 6 N–H and O–H groups in total. The first-order chi connectivity index (χ1) is 8.71. The highest BCUT2D eigenvalue weighted by atomic mass is 32.2. The number of hydrogen-bond acceptors (Lipinski definition) is 5. The van der Waals surface area contributed by atoms with Gasteiger partial charge in [0.25, 0.3) is 0 Å². The molecule has 0 spiro atoms. The number of aliphatic hydroxyl groups is 1. The average molecular weight is 287 g/mol. The van der Waals surface area contributed by atoms with Gasteiger partial charge in [-0.05, 0) is 24.5 Å². The first-order valence-electron chi connectivity index (χ1n) is 6.05. The lowest BCUT2D eigenvalue weighted by atomic mass is 10.1. The largest absolute Gasteiger partial charge is 0.396 e. The van der Waals surface area contributed by atoms with E-state index in [0.717, 1.165) is 0 Å². The molecular formula is C12H21N3O3S. The molecule has 1 aromatic carbocycles. The van der Waals surface area contributed by atoms with Gasteiger partial charge in [-0.1, -0.05) is 19.9 Å². The molecule has 0 aliphatic carbocycles. The Hall–Kier alpha value is -1.31. The van der Waals surface area contributed by atoms with Gasteiger partial charge < -0.3 is 16.2 Å². The molecule has 0 heterocycles. The predicted octanol–water partition coefficient (Wildman–Crippen LogP) is 0.735. The molecular weight excluding hydrogens is 266 g/mol. The Morgan fingerprint density at radius 3 is 2.53 bits per heavy atom. The molecule has 0 saturated heterocycles. The standard InChI is InChI=1S/C12H21N3O3S/c1-8(2)6-9(16)7-15-10-4-3-5-11(12(10)13)19(14,17)18/h3-5,8-9,15-16H,6-7,13H2,1-2H3,(H2,14,17,18). The molecule has 0 saturated carbocycles. The number of nitrogens with one attached hydrogen (secondary N) is 1. The minimum atomic E-state index is -3.84. The third-order valence-electron chi connectivity index (χ3n) is 2.64. The van der Waals surface area contributed by atoms with Gasteiger partial charge in [-0.25, -0.2) is 13.6 Å². The molecule has 6 nitrogen and oxygen atoms in total. The van der Waals surface area contributed by atoms with E-state index in [1.165, 1.54) is 6.07 Å². The normalized spacial score (nSPS) is 13.5. The summed E-state index contributed by atoms with van der Waals surface area (Å²) in [5, 5.41) is 17.8. The summed E-state index contributed by atoms with van der Waals surface area (Å²) in [7, 11) is -3.84. The maximum Gasteiger partial charge on any atom is 0.240 e. The Morgan fingerprint density at radius 2 is 2.00 bits per heavy atom. The van der Waals surface area contributed by atoms with Gasteiger partial charge in [-0.3, -0.25) is 0 Å². The summed E-state index contributed by atoms with van der Waals surface area (Å²) in [5.41, 5.74) is 6.28. The quantitative estimate of drug-likeness (QED) is 0.575. The number of benzene rings is 1. The van der Waals surface area contributed by atoms with Crippen LogP contribution in [0.5, 0.6) is 0 Å². The average Bonchev–Trinajstić information content (AvgIpc) is 2.25. The lowest BCUT2D eigenvalue weighted by Gasteiger charge is -2.16. The van der Waals surface area contributed by atoms with Crippen LogP contribution in [0.15, 0.2) is 23.1 Å². The molecule has 0 radical (unpaired) electrons. The number of hydrogen-bond donors (Lipinski definition) is 4. The summed E-state index contributed by atoms with van der Waals surface area (Å²) in [6.45, 7) is 4.33. The molecule has 1 aromatic rings. The van der Waals surface area contributed by atoms with Gasteiger partial charge in [-0.15, -0.1) is 0 Å². The molecule has 1 atom stereocenters. The van der Waals surface area contributed by atoms with Gasteiger partial charge in [0.1, 0.15) is 4.90 Å². The fourth-order valence-corrected chi connectivity index (χ4v) is 2.49. The molecule has 0 amide bonds. The summed E-state index contributed by atoms with van der Waals surface area (Å²) in [6, 6.07) is 4.54. The number of anilines is 2. The molecule has 1 rings (SSSR count). The van der Waals surface area contributed by atoms with Crippen molar-refractivity contribution in [3.63, 3.8) is 0 Å². The van der Waals surface area contributed by atoms with E-state index < -0.39 is 16.1 Å². The van der Waals surface area contributed by atoms with E-state index in [4.69, 9.17) is 10.9 Å². The van der Waals surface area contributed by atoms with Gasteiger partial charge in [0, 0.05) is 6.54 Å². The van der Waals surface area contributed by atoms with E-state index in [-0.39, 0.29) is 10.6 Å². The maximum absolute atomic E-state index is 11.3. The minimum absolute atomic E-state index is 0.0711. The van der Waals surface area contributed by atoms with Crippen molar-refractivity contribution in [1.82, 2.24) is 0 Å². The van der Waals surface area contributed by atoms with E-state index >= 15 is 0 Å². The summed E-state index contributed by atoms with van der Waals surface area (Å²) in [4.78, 5) is -0.115. The first kappa shape index (κ1) is 15.7. The van der Waals surface area contributed by atoms with Gasteiger partial charge in [0.05, 0.1) is 17.5 Å². The fraction of sp³-hybridized carbons (Fsp3) is 0.500. The summed E-state index contributed by atoms with van der Waals surface area (Å²) < 4.78 is 22.6. The van der Waals surface area contributed by atoms with Crippen LogP contribution in [0.3, 0.4) is 0 Å². The second-order valence-electron chi connectivity index (χ2n) is 4.93. The van der Waals surface area contributed by atoms with Crippen LogP contribution in [0.1, 0.15) is 20.3 Å². The van der Waals surface area contributed by atoms with Crippen LogP contribution < -0.4 is 16.2 Å². The van der Waals surface area contributed by atoms with Crippen LogP contribution in [0.2, 0.25) is 0 Å². The van der Waals surface area contributed by atoms with Crippen molar-refractivity contribution in [2.45, 2.75) is 31.3 Å². The summed E-state index contributed by atoms with van der Waals surface area (Å²) in [5.74, 6) is 0.380. The van der Waals surface area contributed by atoms with Crippen molar-refractivity contribution in [2.24, 2.45) is 11.1 Å². The fourth-order valence-electron chi connectivity index (χ4n) is 1.80. The lowest BCUT2D eigenvalue weighted by Crippen LogP contribution is -2.22. The zero-order valence-corrected chi connectivity index (χ0v) is 11.9. The highest BCUT2D eigenvalue weighted by Gasteiger charge is 2.15. The van der Waals surface area contributed by atoms with E-state index in [0.29, 0.717) is 24.6 Å². The molecule has 108 valence electrons. The Bertz CT molecular complexity index is 529. The third-order valence-corrected chi connectivity index (χ3v) is 3.61. The molecule has 1 unspecified atom stereocenters. The number of nitrogens with two attached hydrogens (primary N) is 2. The SMILES string of the molecule is CC(C)CC(O)CNc1cccc(S(N)(=O)=O)c1N. The molecule has 0 bridgehead atoms. The molecule has 19 heavy (non-hydrogen) atoms. The number of aliphatic hydroxyl groups excluding tert-OH is 1. The van der Waals surface area contributed by atoms with Crippen LogP contribution in [-0.4, -0.2) is 26.2 Å². The third kappa shape index (κ3) is 4.70. The van der Waals surface area contributed by atoms with Gasteiger partial charge in [0.15, 0.2) is 0 Å². The molecule has 0 aliphatic rings. The Balaban J connectivity index is 2.81. The Morgan fingerprint density at radius 1 is 1.37 bits per heavy atom. The van der Waals surface area contributed by atoms with E-state index in [1.54, 1.807) is 12.1 Å². The van der Waals surface area contributed by atoms with E-state index in [1.807, 2.05) is 13.8 Å². The highest BCUT2D eigenvalue weighted by Crippen LogP contribution is 2.25. The zero-order chi connectivity index (χ0) is 14.6. The molecule has 0 fully saturated rings. The number of rotatable bonds is 6. The predicted molar refractivity (Wildman–Crippen MR) is 76.2 cm³/mol. The smallest absolute Gasteiger partial charge is 0.240 e. The number of primary sulfonamides is 1. The van der Waals surface area contributed by atoms with Crippen LogP contribution >= 0.6 is 0 Å². The van der Waals surface area contributed by atoms with Crippen molar-refractivity contribution in [3.8, 4) is 0 Å². The summed E-state index contributed by atoms with van der Waals surface area (Å²) >= 11 is 0. The summed E-state index contributed by atoms with van der Waals surface area (Å²) in [6.07, 6.45) is 0.138. The monoisotopic (exact) mass is 287 g/mol. The maximum atomic E-state index is 11.3. The molecule has 0 aliphatic heterocycles. The van der Waals surface area contributed by atoms with E-state index in [9.17, 15) is 13.5 Å². The first-order valence-corrected chi connectivity index (χ1v) is 7.59. The van der Waals surface area contributed by atoms with Crippen LogP contribution in [0.4, 0.5) is 11.4 Å². The number of sulfonamides is 1. The lowest BCUT2D eigenvalue weighted by molar-refractivity contribution is 0.161. The minimum Gasteiger partial charge on any atom is -0.396 e. The van der Waals surface area contributed by atoms with Crippen molar-refractivity contribution in [3.05, 3.63) is 18.2 Å². The van der Waals surface area contributed by atoms with Crippen LogP contribution in [0.25, 0.3) is 0 Å². The van der Waals surface area contributed by atoms with Crippen LogP contribution in [0, 0.1) is 5.92 Å². The Kier molecular flexibility index (Phi) is 5.16. The highest BCUT2D eigenvalue weighted by molar-refractivity contribution is 7.89. The molecule has 0 aromatic heterocycles. The topological polar surface area (TPSA) is 118 Å². The van der Waals surface area contributed by atoms with Crippen molar-refractivity contribution >= 4 is 21.4 Å². The molecule has 7 heteroatoms. The van der Waals surface area contributed by atoms with Crippen LogP contribution in [-0.2, 0) is 10.0 Å². The van der Waals surface area contributed by atoms with Crippen molar-refractivity contribution in [2.75, 3.05) is 17.6 Å². The second kappa shape index (κ2) is 6.23. The van der Waals surface area contributed by atoms with Gasteiger partial charge in [-0.2, -0.15) is 0 Å².